The van der Waals surface area contributed by atoms with E-state index in [4.69, 9.17) is 4.74 Å². The third-order valence-corrected chi connectivity index (χ3v) is 5.60. The molecule has 0 bridgehead atoms. The van der Waals surface area contributed by atoms with Gasteiger partial charge in [-0.3, -0.25) is 9.48 Å². The van der Waals surface area contributed by atoms with Gasteiger partial charge in [-0.2, -0.15) is 5.10 Å². The van der Waals surface area contributed by atoms with E-state index in [0.717, 1.165) is 24.6 Å². The molecule has 1 aliphatic carbocycles. The molecule has 1 saturated carbocycles. The second kappa shape index (κ2) is 9.91. The highest BCUT2D eigenvalue weighted by Crippen LogP contribution is 2.24. The molecule has 1 aliphatic heterocycles. The summed E-state index contributed by atoms with van der Waals surface area (Å²) in [5.74, 6) is 1.52. The fraction of sp³-hybridized carbons (Fsp3) is 0.750. The van der Waals surface area contributed by atoms with Crippen molar-refractivity contribution < 1.29 is 9.53 Å². The first-order chi connectivity index (χ1) is 13.5. The smallest absolute Gasteiger partial charge is 0.243 e. The number of aryl methyl sites for hydroxylation is 1. The molecule has 156 valence electrons. The predicted molar refractivity (Wildman–Crippen MR) is 109 cm³/mol. The zero-order chi connectivity index (χ0) is 19.9. The third kappa shape index (κ3) is 5.70. The molecular formula is C20H34N6O2. The van der Waals surface area contributed by atoms with Crippen molar-refractivity contribution in [3.63, 3.8) is 0 Å². The predicted octanol–water partition coefficient (Wildman–Crippen LogP) is 1.41. The van der Waals surface area contributed by atoms with Crippen LogP contribution in [0, 0.1) is 5.92 Å². The van der Waals surface area contributed by atoms with Crippen molar-refractivity contribution in [1.82, 2.24) is 24.9 Å². The number of guanidine groups is 1. The number of hydrogen-bond donors (Lipinski definition) is 1. The van der Waals surface area contributed by atoms with Crippen molar-refractivity contribution in [2.45, 2.75) is 38.2 Å². The van der Waals surface area contributed by atoms with E-state index in [-0.39, 0.29) is 18.6 Å². The Hall–Kier alpha value is -2.09. The molecule has 1 aromatic rings. The lowest BCUT2D eigenvalue weighted by atomic mass is 9.89. The van der Waals surface area contributed by atoms with Crippen LogP contribution in [0.15, 0.2) is 17.4 Å². The summed E-state index contributed by atoms with van der Waals surface area (Å²) in [7, 11) is 5.44. The van der Waals surface area contributed by atoms with Crippen molar-refractivity contribution in [2.24, 2.45) is 18.0 Å². The highest BCUT2D eigenvalue weighted by molar-refractivity contribution is 5.85. The van der Waals surface area contributed by atoms with E-state index in [2.05, 4.69) is 20.3 Å². The molecule has 0 aromatic carbocycles. The second-order valence-corrected chi connectivity index (χ2v) is 8.07. The van der Waals surface area contributed by atoms with Gasteiger partial charge in [0.05, 0.1) is 19.3 Å². The summed E-state index contributed by atoms with van der Waals surface area (Å²) in [5, 5.41) is 7.82. The lowest BCUT2D eigenvalue weighted by Gasteiger charge is -2.35. The maximum atomic E-state index is 12.1. The van der Waals surface area contributed by atoms with Crippen LogP contribution in [-0.2, 0) is 16.6 Å². The molecule has 28 heavy (non-hydrogen) atoms. The van der Waals surface area contributed by atoms with Gasteiger partial charge in [0.1, 0.15) is 12.6 Å². The molecule has 2 fully saturated rings. The topological polar surface area (TPSA) is 75.0 Å². The first kappa shape index (κ1) is 20.6. The molecular weight excluding hydrogens is 356 g/mol. The number of likely N-dealkylation sites (N-methyl/N-ethyl adjacent to an activating group) is 1. The number of carbonyl (C=O) groups is 1. The molecule has 0 spiro atoms. The number of carbonyl (C=O) groups excluding carboxylic acids is 1. The molecule has 8 heteroatoms. The largest absolute Gasteiger partial charge is 0.370 e. The van der Waals surface area contributed by atoms with Crippen LogP contribution in [0.3, 0.4) is 0 Å². The first-order valence-corrected chi connectivity index (χ1v) is 10.4. The van der Waals surface area contributed by atoms with Crippen LogP contribution in [0.25, 0.3) is 0 Å². The standard InChI is InChI=1S/C20H34N6O2/c1-24(2)19(27)13-22-20(21-11-16-7-5-4-6-8-16)26-9-10-28-18(15-26)17-12-23-25(3)14-17/h12,14,16,18H,4-11,13,15H2,1-3H3,(H,21,22). The summed E-state index contributed by atoms with van der Waals surface area (Å²) in [6.45, 7) is 3.19. The molecule has 1 aromatic heterocycles. The van der Waals surface area contributed by atoms with E-state index in [1.165, 1.54) is 32.1 Å². The van der Waals surface area contributed by atoms with Gasteiger partial charge in [-0.25, -0.2) is 4.99 Å². The number of nitrogens with one attached hydrogen (secondary N) is 1. The Morgan fingerprint density at radius 2 is 2.14 bits per heavy atom. The number of hydrogen-bond acceptors (Lipinski definition) is 4. The summed E-state index contributed by atoms with van der Waals surface area (Å²) in [6, 6.07) is 0. The number of amides is 1. The summed E-state index contributed by atoms with van der Waals surface area (Å²) >= 11 is 0. The van der Waals surface area contributed by atoms with Crippen LogP contribution in [0.1, 0.15) is 43.8 Å². The average Bonchev–Trinajstić information content (AvgIpc) is 3.15. The molecule has 0 radical (unpaired) electrons. The monoisotopic (exact) mass is 390 g/mol. The van der Waals surface area contributed by atoms with Gasteiger partial charge < -0.3 is 19.9 Å². The minimum atomic E-state index is -0.0336. The van der Waals surface area contributed by atoms with Crippen molar-refractivity contribution in [3.8, 4) is 0 Å². The maximum Gasteiger partial charge on any atom is 0.243 e. The zero-order valence-corrected chi connectivity index (χ0v) is 17.4. The Kier molecular flexibility index (Phi) is 7.30. The number of aliphatic imine (C=N–C) groups is 1. The highest BCUT2D eigenvalue weighted by Gasteiger charge is 2.26. The Morgan fingerprint density at radius 3 is 2.82 bits per heavy atom. The Bertz CT molecular complexity index is 665. The Morgan fingerprint density at radius 1 is 1.36 bits per heavy atom. The van der Waals surface area contributed by atoms with Gasteiger partial charge >= 0.3 is 0 Å². The highest BCUT2D eigenvalue weighted by atomic mass is 16.5. The minimum absolute atomic E-state index is 0.00837. The van der Waals surface area contributed by atoms with Crippen LogP contribution in [-0.4, -0.2) is 78.3 Å². The summed E-state index contributed by atoms with van der Waals surface area (Å²) in [6.07, 6.45) is 10.4. The second-order valence-electron chi connectivity index (χ2n) is 8.07. The quantitative estimate of drug-likeness (QED) is 0.608. The number of aromatic nitrogens is 2. The SMILES string of the molecule is CN(C)C(=O)CN=C(NCC1CCCCC1)N1CCOC(c2cnn(C)c2)C1. The van der Waals surface area contributed by atoms with E-state index < -0.39 is 0 Å². The number of nitrogens with zero attached hydrogens (tertiary/aromatic N) is 5. The van der Waals surface area contributed by atoms with Crippen LogP contribution in [0.5, 0.6) is 0 Å². The van der Waals surface area contributed by atoms with Gasteiger partial charge in [0.15, 0.2) is 5.96 Å². The third-order valence-electron chi connectivity index (χ3n) is 5.60. The lowest BCUT2D eigenvalue weighted by molar-refractivity contribution is -0.127. The fourth-order valence-corrected chi connectivity index (χ4v) is 3.83. The van der Waals surface area contributed by atoms with Gasteiger partial charge in [0.2, 0.25) is 5.91 Å². The van der Waals surface area contributed by atoms with Gasteiger partial charge in [-0.05, 0) is 18.8 Å². The Labute approximate surface area is 167 Å². The van der Waals surface area contributed by atoms with E-state index in [1.54, 1.807) is 23.7 Å². The van der Waals surface area contributed by atoms with E-state index in [1.807, 2.05) is 19.4 Å². The molecule has 1 atom stereocenters. The lowest BCUT2D eigenvalue weighted by Crippen LogP contribution is -2.49. The maximum absolute atomic E-state index is 12.1. The minimum Gasteiger partial charge on any atom is -0.370 e. The molecule has 1 amide bonds. The normalized spacial score (nSPS) is 21.6. The molecule has 1 N–H and O–H groups in total. The van der Waals surface area contributed by atoms with Crippen molar-refractivity contribution in [3.05, 3.63) is 18.0 Å². The van der Waals surface area contributed by atoms with Crippen molar-refractivity contribution >= 4 is 11.9 Å². The number of rotatable bonds is 5. The molecule has 2 aliphatic rings. The Balaban J connectivity index is 1.66. The van der Waals surface area contributed by atoms with Crippen molar-refractivity contribution in [1.29, 1.82) is 0 Å². The molecule has 1 unspecified atom stereocenters. The fourth-order valence-electron chi connectivity index (χ4n) is 3.83. The summed E-state index contributed by atoms with van der Waals surface area (Å²) in [5.41, 5.74) is 1.07. The van der Waals surface area contributed by atoms with Gasteiger partial charge in [0.25, 0.3) is 0 Å². The van der Waals surface area contributed by atoms with Gasteiger partial charge in [0, 0.05) is 46.0 Å². The molecule has 3 rings (SSSR count). The van der Waals surface area contributed by atoms with E-state index >= 15 is 0 Å². The molecule has 1 saturated heterocycles. The average molecular weight is 391 g/mol. The van der Waals surface area contributed by atoms with Gasteiger partial charge in [-0.1, -0.05) is 19.3 Å². The van der Waals surface area contributed by atoms with E-state index in [0.29, 0.717) is 19.1 Å². The van der Waals surface area contributed by atoms with Crippen LogP contribution in [0.4, 0.5) is 0 Å². The van der Waals surface area contributed by atoms with Crippen LogP contribution < -0.4 is 5.32 Å². The van der Waals surface area contributed by atoms with Gasteiger partial charge in [-0.15, -0.1) is 0 Å². The number of ether oxygens (including phenoxy) is 1. The zero-order valence-electron chi connectivity index (χ0n) is 17.4. The summed E-state index contributed by atoms with van der Waals surface area (Å²) < 4.78 is 7.76. The number of morpholine rings is 1. The van der Waals surface area contributed by atoms with Crippen LogP contribution in [0.2, 0.25) is 0 Å². The van der Waals surface area contributed by atoms with Crippen molar-refractivity contribution in [2.75, 3.05) is 46.9 Å². The van der Waals surface area contributed by atoms with E-state index in [9.17, 15) is 4.79 Å². The molecule has 8 nitrogen and oxygen atoms in total. The first-order valence-electron chi connectivity index (χ1n) is 10.4. The summed E-state index contributed by atoms with van der Waals surface area (Å²) in [4.78, 5) is 20.5. The molecule has 2 heterocycles. The van der Waals surface area contributed by atoms with Crippen LogP contribution >= 0.6 is 0 Å².